The van der Waals surface area contributed by atoms with Crippen LogP contribution in [0, 0.1) is 34.1 Å². The lowest BCUT2D eigenvalue weighted by Gasteiger charge is -2.35. The molecule has 31 heavy (non-hydrogen) atoms. The third-order valence-electron chi connectivity index (χ3n) is 5.54. The minimum absolute atomic E-state index is 0.137. The van der Waals surface area contributed by atoms with Crippen LogP contribution in [0.15, 0.2) is 23.0 Å². The maximum atomic E-state index is 12.5. The zero-order chi connectivity index (χ0) is 22.3. The molecule has 0 amide bonds. The molecule has 1 N–H and O–H groups in total. The summed E-state index contributed by atoms with van der Waals surface area (Å²) in [5.74, 6) is 0.591. The number of aromatic nitrogens is 2. The van der Waals surface area contributed by atoms with Crippen molar-refractivity contribution < 1.29 is 9.85 Å². The van der Waals surface area contributed by atoms with Crippen LogP contribution in [0.2, 0.25) is 0 Å². The summed E-state index contributed by atoms with van der Waals surface area (Å²) in [6.07, 6.45) is 0. The number of nitrogens with one attached hydrogen (secondary N) is 1. The molecule has 3 aromatic rings. The van der Waals surface area contributed by atoms with E-state index in [-0.39, 0.29) is 16.9 Å². The van der Waals surface area contributed by atoms with Crippen LogP contribution in [0.1, 0.15) is 16.3 Å². The quantitative estimate of drug-likeness (QED) is 0.468. The zero-order valence-electron chi connectivity index (χ0n) is 17.0. The fourth-order valence-corrected chi connectivity index (χ4v) is 4.82. The molecule has 1 fully saturated rings. The second-order valence-corrected chi connectivity index (χ2v) is 8.63. The third kappa shape index (κ3) is 3.99. The highest BCUT2D eigenvalue weighted by atomic mass is 32.1. The fourth-order valence-electron chi connectivity index (χ4n) is 3.77. The summed E-state index contributed by atoms with van der Waals surface area (Å²) in [5, 5.41) is 23.0. The van der Waals surface area contributed by atoms with Crippen molar-refractivity contribution in [3.8, 4) is 0 Å². The summed E-state index contributed by atoms with van der Waals surface area (Å²) < 4.78 is 0. The van der Waals surface area contributed by atoms with Gasteiger partial charge in [-0.2, -0.15) is 0 Å². The Morgan fingerprint density at radius 1 is 1.13 bits per heavy atom. The molecule has 3 heterocycles. The van der Waals surface area contributed by atoms with Gasteiger partial charge in [0.15, 0.2) is 0 Å². The number of non-ortho nitro benzene ring substituents is 1. The molecule has 0 unspecified atom stereocenters. The summed E-state index contributed by atoms with van der Waals surface area (Å²) in [7, 11) is 0. The van der Waals surface area contributed by atoms with Crippen LogP contribution < -0.4 is 10.5 Å². The highest BCUT2D eigenvalue weighted by Crippen LogP contribution is 2.32. The fraction of sp³-hybridized carbons (Fsp3) is 0.368. The molecule has 0 spiro atoms. The number of nitrogens with zero attached hydrogens (tertiary/aromatic N) is 5. The third-order valence-corrected chi connectivity index (χ3v) is 6.64. The number of aryl methyl sites for hydroxylation is 2. The number of thiophene rings is 1. The van der Waals surface area contributed by atoms with Gasteiger partial charge in [-0.1, -0.05) is 0 Å². The van der Waals surface area contributed by atoms with Crippen molar-refractivity contribution in [1.29, 1.82) is 0 Å². The first kappa shape index (κ1) is 20.9. The van der Waals surface area contributed by atoms with E-state index in [1.807, 2.05) is 18.7 Å². The van der Waals surface area contributed by atoms with E-state index in [4.69, 9.17) is 0 Å². The normalized spacial score (nSPS) is 14.8. The summed E-state index contributed by atoms with van der Waals surface area (Å²) in [6, 6.07) is 3.71. The SMILES string of the molecule is Cc1sc2nc(CN3CCN(c4ccc([N+](=O)[O-])cc4[N+](=O)[O-])CC3)[nH]c(=O)c2c1C. The van der Waals surface area contributed by atoms with Gasteiger partial charge in [0.1, 0.15) is 16.3 Å². The molecule has 1 aliphatic rings. The molecule has 11 nitrogen and oxygen atoms in total. The maximum Gasteiger partial charge on any atom is 0.299 e. The minimum atomic E-state index is -0.643. The van der Waals surface area contributed by atoms with Gasteiger partial charge < -0.3 is 9.88 Å². The van der Waals surface area contributed by atoms with Gasteiger partial charge in [0.05, 0.1) is 27.8 Å². The Hall–Kier alpha value is -3.38. The van der Waals surface area contributed by atoms with E-state index < -0.39 is 9.85 Å². The standard InChI is InChI=1S/C19H20N6O5S/c1-11-12(2)31-19-17(11)18(26)20-16(21-19)10-22-5-7-23(8-6-22)14-4-3-13(24(27)28)9-15(14)25(29)30/h3-4,9H,5-8,10H2,1-2H3,(H,20,21,26). The number of piperazine rings is 1. The van der Waals surface area contributed by atoms with Crippen molar-refractivity contribution in [2.75, 3.05) is 31.1 Å². The van der Waals surface area contributed by atoms with Crippen molar-refractivity contribution in [3.05, 3.63) is 65.0 Å². The largest absolute Gasteiger partial charge is 0.363 e. The molecule has 1 aromatic carbocycles. The van der Waals surface area contributed by atoms with Crippen LogP contribution >= 0.6 is 11.3 Å². The average Bonchev–Trinajstić information content (AvgIpc) is 3.02. The summed E-state index contributed by atoms with van der Waals surface area (Å²) in [5.41, 5.74) is 0.606. The first-order valence-electron chi connectivity index (χ1n) is 9.63. The molecule has 4 rings (SSSR count). The summed E-state index contributed by atoms with van der Waals surface area (Å²) in [4.78, 5) is 46.8. The number of nitro groups is 2. The highest BCUT2D eigenvalue weighted by molar-refractivity contribution is 7.18. The van der Waals surface area contributed by atoms with Gasteiger partial charge in [-0.3, -0.25) is 29.9 Å². The topological polar surface area (TPSA) is 139 Å². The second kappa shape index (κ2) is 8.04. The molecule has 1 saturated heterocycles. The maximum absolute atomic E-state index is 12.5. The first-order valence-corrected chi connectivity index (χ1v) is 10.4. The Kier molecular flexibility index (Phi) is 5.41. The van der Waals surface area contributed by atoms with E-state index in [9.17, 15) is 25.0 Å². The lowest BCUT2D eigenvalue weighted by atomic mass is 10.2. The number of nitro benzene ring substituents is 2. The number of anilines is 1. The predicted molar refractivity (Wildman–Crippen MR) is 117 cm³/mol. The molecule has 1 aliphatic heterocycles. The molecule has 2 aromatic heterocycles. The smallest absolute Gasteiger partial charge is 0.299 e. The Morgan fingerprint density at radius 2 is 1.84 bits per heavy atom. The van der Waals surface area contributed by atoms with Gasteiger partial charge >= 0.3 is 0 Å². The molecular weight excluding hydrogens is 424 g/mol. The first-order chi connectivity index (χ1) is 14.7. The molecule has 0 saturated carbocycles. The lowest BCUT2D eigenvalue weighted by molar-refractivity contribution is -0.393. The van der Waals surface area contributed by atoms with Crippen molar-refractivity contribution in [1.82, 2.24) is 14.9 Å². The van der Waals surface area contributed by atoms with Crippen LogP contribution in [0.25, 0.3) is 10.2 Å². The van der Waals surface area contributed by atoms with E-state index in [0.717, 1.165) is 21.3 Å². The number of aromatic amines is 1. The van der Waals surface area contributed by atoms with E-state index in [0.29, 0.717) is 49.6 Å². The number of fused-ring (bicyclic) bond motifs is 1. The molecule has 12 heteroatoms. The number of rotatable bonds is 5. The monoisotopic (exact) mass is 444 g/mol. The average molecular weight is 444 g/mol. The minimum Gasteiger partial charge on any atom is -0.363 e. The van der Waals surface area contributed by atoms with Crippen LogP contribution in [0.4, 0.5) is 17.1 Å². The van der Waals surface area contributed by atoms with Gasteiger partial charge in [0.2, 0.25) is 0 Å². The molecule has 0 radical (unpaired) electrons. The number of hydrogen-bond donors (Lipinski definition) is 1. The Balaban J connectivity index is 1.48. The molecule has 0 atom stereocenters. The van der Waals surface area contributed by atoms with Crippen molar-refractivity contribution >= 4 is 38.6 Å². The second-order valence-electron chi connectivity index (χ2n) is 7.43. The molecule has 0 aliphatic carbocycles. The predicted octanol–water partition coefficient (Wildman–Crippen LogP) is 2.74. The van der Waals surface area contributed by atoms with E-state index in [1.165, 1.54) is 23.5 Å². The van der Waals surface area contributed by atoms with E-state index in [1.54, 1.807) is 0 Å². The molecular formula is C19H20N6O5S. The zero-order valence-corrected chi connectivity index (χ0v) is 17.8. The lowest BCUT2D eigenvalue weighted by Crippen LogP contribution is -2.46. The summed E-state index contributed by atoms with van der Waals surface area (Å²) >= 11 is 1.50. The van der Waals surface area contributed by atoms with Gasteiger partial charge in [-0.15, -0.1) is 11.3 Å². The van der Waals surface area contributed by atoms with Gasteiger partial charge in [-0.05, 0) is 25.5 Å². The van der Waals surface area contributed by atoms with Crippen LogP contribution in [0.3, 0.4) is 0 Å². The van der Waals surface area contributed by atoms with Crippen LogP contribution in [-0.2, 0) is 6.54 Å². The van der Waals surface area contributed by atoms with E-state index >= 15 is 0 Å². The Labute approximate surface area is 180 Å². The number of H-pyrrole nitrogens is 1. The molecule has 0 bridgehead atoms. The Bertz CT molecular complexity index is 1240. The van der Waals surface area contributed by atoms with Gasteiger partial charge in [0, 0.05) is 37.1 Å². The van der Waals surface area contributed by atoms with Crippen molar-refractivity contribution in [2.45, 2.75) is 20.4 Å². The Morgan fingerprint density at radius 3 is 2.48 bits per heavy atom. The van der Waals surface area contributed by atoms with Crippen LogP contribution in [0.5, 0.6) is 0 Å². The van der Waals surface area contributed by atoms with Crippen molar-refractivity contribution in [2.24, 2.45) is 0 Å². The highest BCUT2D eigenvalue weighted by Gasteiger charge is 2.26. The summed E-state index contributed by atoms with van der Waals surface area (Å²) in [6.45, 7) is 6.61. The number of benzene rings is 1. The van der Waals surface area contributed by atoms with Crippen LogP contribution in [-0.4, -0.2) is 50.9 Å². The van der Waals surface area contributed by atoms with Crippen molar-refractivity contribution in [3.63, 3.8) is 0 Å². The van der Waals surface area contributed by atoms with E-state index in [2.05, 4.69) is 14.9 Å². The van der Waals surface area contributed by atoms with Gasteiger partial charge in [0.25, 0.3) is 16.9 Å². The molecule has 162 valence electrons. The van der Waals surface area contributed by atoms with Gasteiger partial charge in [-0.25, -0.2) is 4.98 Å². The number of hydrogen-bond acceptors (Lipinski definition) is 9.